The Morgan fingerprint density at radius 3 is 2.73 bits per heavy atom. The fourth-order valence-corrected chi connectivity index (χ4v) is 3.74. The maximum absolute atomic E-state index is 5.84. The van der Waals surface area contributed by atoms with Gasteiger partial charge in [0.15, 0.2) is 5.96 Å². The van der Waals surface area contributed by atoms with E-state index in [9.17, 15) is 0 Å². The van der Waals surface area contributed by atoms with Crippen LogP contribution in [0.2, 0.25) is 0 Å². The standard InChI is InChI=1S/C23H40N4O2.HI/c1-6-24-23(25-13-11-22(18(3)4)29-7-2)26-16-19-12-14-27(17-19)20-9-8-10-21(15-20)28-5;/h8-10,15,18-19,22H,6-7,11-14,16-17H2,1-5H3,(H2,24,25,26);1H. The molecule has 30 heavy (non-hydrogen) atoms. The number of methoxy groups -OCH3 is 1. The zero-order chi connectivity index (χ0) is 21.1. The van der Waals surface area contributed by atoms with Gasteiger partial charge in [0.05, 0.1) is 13.2 Å². The summed E-state index contributed by atoms with van der Waals surface area (Å²) in [5.41, 5.74) is 1.23. The molecule has 1 aliphatic rings. The minimum absolute atomic E-state index is 0. The third-order valence-corrected chi connectivity index (χ3v) is 5.40. The van der Waals surface area contributed by atoms with Gasteiger partial charge in [0.2, 0.25) is 0 Å². The van der Waals surface area contributed by atoms with Crippen molar-refractivity contribution in [3.63, 3.8) is 0 Å². The molecule has 0 aromatic heterocycles. The summed E-state index contributed by atoms with van der Waals surface area (Å²) >= 11 is 0. The van der Waals surface area contributed by atoms with E-state index in [1.165, 1.54) is 12.1 Å². The van der Waals surface area contributed by atoms with Crippen molar-refractivity contribution in [1.29, 1.82) is 0 Å². The number of aliphatic imine (C=N–C) groups is 1. The molecule has 2 N–H and O–H groups in total. The van der Waals surface area contributed by atoms with E-state index in [4.69, 9.17) is 14.5 Å². The topological polar surface area (TPSA) is 58.1 Å². The molecule has 0 spiro atoms. The SMILES string of the molecule is CCNC(=NCC1CCN(c2cccc(OC)c2)C1)NCCC(OCC)C(C)C.I. The summed E-state index contributed by atoms with van der Waals surface area (Å²) in [6.07, 6.45) is 2.45. The Balaban J connectivity index is 0.00000450. The first-order valence-electron chi connectivity index (χ1n) is 11.1. The number of hydrogen-bond donors (Lipinski definition) is 2. The lowest BCUT2D eigenvalue weighted by Gasteiger charge is -2.21. The number of guanidine groups is 1. The van der Waals surface area contributed by atoms with E-state index in [0.29, 0.717) is 17.9 Å². The minimum atomic E-state index is 0. The summed E-state index contributed by atoms with van der Waals surface area (Å²) in [4.78, 5) is 7.28. The van der Waals surface area contributed by atoms with Crippen molar-refractivity contribution in [2.45, 2.75) is 46.6 Å². The monoisotopic (exact) mass is 532 g/mol. The Labute approximate surface area is 200 Å². The summed E-state index contributed by atoms with van der Waals surface area (Å²) in [7, 11) is 1.72. The van der Waals surface area contributed by atoms with Crippen LogP contribution in [0.3, 0.4) is 0 Å². The van der Waals surface area contributed by atoms with E-state index in [1.54, 1.807) is 7.11 Å². The van der Waals surface area contributed by atoms with E-state index in [-0.39, 0.29) is 24.0 Å². The van der Waals surface area contributed by atoms with Crippen molar-refractivity contribution in [1.82, 2.24) is 10.6 Å². The van der Waals surface area contributed by atoms with Crippen LogP contribution in [-0.2, 0) is 4.74 Å². The van der Waals surface area contributed by atoms with Gasteiger partial charge in [-0.2, -0.15) is 0 Å². The van der Waals surface area contributed by atoms with E-state index < -0.39 is 0 Å². The molecule has 0 saturated carbocycles. The third kappa shape index (κ3) is 8.88. The number of anilines is 1. The van der Waals surface area contributed by atoms with Gasteiger partial charge in [0.1, 0.15) is 5.75 Å². The van der Waals surface area contributed by atoms with Gasteiger partial charge in [-0.3, -0.25) is 4.99 Å². The average Bonchev–Trinajstić information content (AvgIpc) is 3.20. The van der Waals surface area contributed by atoms with Gasteiger partial charge in [0, 0.05) is 51.1 Å². The summed E-state index contributed by atoms with van der Waals surface area (Å²) < 4.78 is 11.2. The lowest BCUT2D eigenvalue weighted by molar-refractivity contribution is 0.0258. The van der Waals surface area contributed by atoms with Crippen molar-refractivity contribution in [2.75, 3.05) is 51.3 Å². The van der Waals surface area contributed by atoms with Gasteiger partial charge in [-0.25, -0.2) is 0 Å². The fourth-order valence-electron chi connectivity index (χ4n) is 3.74. The number of halogens is 1. The Kier molecular flexibility index (Phi) is 13.2. The zero-order valence-electron chi connectivity index (χ0n) is 19.3. The molecule has 1 aromatic rings. The zero-order valence-corrected chi connectivity index (χ0v) is 21.6. The molecule has 0 bridgehead atoms. The van der Waals surface area contributed by atoms with Crippen LogP contribution >= 0.6 is 24.0 Å². The maximum atomic E-state index is 5.84. The highest BCUT2D eigenvalue weighted by molar-refractivity contribution is 14.0. The second kappa shape index (κ2) is 14.7. The predicted octanol–water partition coefficient (Wildman–Crippen LogP) is 4.15. The Hall–Kier alpha value is -1.22. The molecule has 6 nitrogen and oxygen atoms in total. The molecule has 1 saturated heterocycles. The molecule has 1 aliphatic heterocycles. The first-order chi connectivity index (χ1) is 14.1. The number of nitrogens with zero attached hydrogens (tertiary/aromatic N) is 2. The quantitative estimate of drug-likeness (QED) is 0.255. The molecule has 2 atom stereocenters. The van der Waals surface area contributed by atoms with Crippen LogP contribution in [0.1, 0.15) is 40.5 Å². The first kappa shape index (κ1) is 26.8. The lowest BCUT2D eigenvalue weighted by Crippen LogP contribution is -2.39. The molecule has 1 heterocycles. The molecular formula is C23H41IN4O2. The summed E-state index contributed by atoms with van der Waals surface area (Å²) in [5, 5.41) is 6.84. The van der Waals surface area contributed by atoms with Crippen molar-refractivity contribution >= 4 is 35.6 Å². The van der Waals surface area contributed by atoms with Gasteiger partial charge >= 0.3 is 0 Å². The third-order valence-electron chi connectivity index (χ3n) is 5.40. The van der Waals surface area contributed by atoms with Gasteiger partial charge in [0.25, 0.3) is 0 Å². The highest BCUT2D eigenvalue weighted by atomic mass is 127. The van der Waals surface area contributed by atoms with Crippen molar-refractivity contribution in [2.24, 2.45) is 16.8 Å². The normalized spacial score (nSPS) is 17.6. The highest BCUT2D eigenvalue weighted by Gasteiger charge is 2.23. The van der Waals surface area contributed by atoms with E-state index in [1.807, 2.05) is 6.07 Å². The van der Waals surface area contributed by atoms with E-state index >= 15 is 0 Å². The van der Waals surface area contributed by atoms with E-state index in [2.05, 4.69) is 61.4 Å². The van der Waals surface area contributed by atoms with Crippen LogP contribution in [0.4, 0.5) is 5.69 Å². The van der Waals surface area contributed by atoms with Crippen LogP contribution in [0.25, 0.3) is 0 Å². The fraction of sp³-hybridized carbons (Fsp3) is 0.696. The predicted molar refractivity (Wildman–Crippen MR) is 138 cm³/mol. The summed E-state index contributed by atoms with van der Waals surface area (Å²) in [6.45, 7) is 14.1. The van der Waals surface area contributed by atoms with E-state index in [0.717, 1.165) is 57.5 Å². The number of hydrogen-bond acceptors (Lipinski definition) is 4. The minimum Gasteiger partial charge on any atom is -0.497 e. The van der Waals surface area contributed by atoms with Crippen molar-refractivity contribution in [3.8, 4) is 5.75 Å². The van der Waals surface area contributed by atoms with Crippen molar-refractivity contribution < 1.29 is 9.47 Å². The summed E-state index contributed by atoms with van der Waals surface area (Å²) in [5.74, 6) is 2.92. The van der Waals surface area contributed by atoms with Crippen molar-refractivity contribution in [3.05, 3.63) is 24.3 Å². The Morgan fingerprint density at radius 1 is 1.27 bits per heavy atom. The highest BCUT2D eigenvalue weighted by Crippen LogP contribution is 2.27. The second-order valence-corrected chi connectivity index (χ2v) is 7.98. The van der Waals surface area contributed by atoms with Gasteiger partial charge in [-0.05, 0) is 50.7 Å². The molecule has 0 radical (unpaired) electrons. The molecular weight excluding hydrogens is 491 g/mol. The average molecular weight is 533 g/mol. The van der Waals surface area contributed by atoms with Gasteiger partial charge < -0.3 is 25.0 Å². The second-order valence-electron chi connectivity index (χ2n) is 7.98. The Bertz CT molecular complexity index is 627. The Morgan fingerprint density at radius 2 is 2.07 bits per heavy atom. The number of benzene rings is 1. The molecule has 0 amide bonds. The van der Waals surface area contributed by atoms with Crippen LogP contribution in [-0.4, -0.2) is 58.5 Å². The molecule has 1 aromatic carbocycles. The molecule has 1 fully saturated rings. The summed E-state index contributed by atoms with van der Waals surface area (Å²) in [6, 6.07) is 8.31. The smallest absolute Gasteiger partial charge is 0.191 e. The number of rotatable bonds is 11. The van der Waals surface area contributed by atoms with Gasteiger partial charge in [-0.15, -0.1) is 24.0 Å². The van der Waals surface area contributed by atoms with Crippen LogP contribution in [0.5, 0.6) is 5.75 Å². The molecule has 2 rings (SSSR count). The number of ether oxygens (including phenoxy) is 2. The van der Waals surface area contributed by atoms with Crippen LogP contribution in [0.15, 0.2) is 29.3 Å². The largest absolute Gasteiger partial charge is 0.497 e. The van der Waals surface area contributed by atoms with Crippen LogP contribution in [0, 0.1) is 11.8 Å². The van der Waals surface area contributed by atoms with Gasteiger partial charge in [-0.1, -0.05) is 19.9 Å². The van der Waals surface area contributed by atoms with Crippen LogP contribution < -0.4 is 20.3 Å². The molecule has 2 unspecified atom stereocenters. The lowest BCUT2D eigenvalue weighted by atomic mass is 10.0. The maximum Gasteiger partial charge on any atom is 0.191 e. The number of nitrogens with one attached hydrogen (secondary N) is 2. The molecule has 7 heteroatoms. The molecule has 172 valence electrons. The molecule has 0 aliphatic carbocycles. The first-order valence-corrected chi connectivity index (χ1v) is 11.1.